The molecule has 4 aromatic rings. The van der Waals surface area contributed by atoms with Gasteiger partial charge in [-0.05, 0) is 62.7 Å². The topological polar surface area (TPSA) is 37.3 Å². The molecular formula is C29H34O2. The fraction of sp³-hybridized carbons (Fsp3) is 0.414. The normalized spacial score (nSPS) is 11.8. The number of aryl methyl sites for hydroxylation is 2. The largest absolute Gasteiger partial charge is 0.481 e. The number of carboxylic acids is 1. The van der Waals surface area contributed by atoms with Gasteiger partial charge < -0.3 is 5.11 Å². The number of unbranched alkanes of at least 4 members (excludes halogenated alkanes) is 7. The van der Waals surface area contributed by atoms with E-state index in [-0.39, 0.29) is 6.42 Å². The van der Waals surface area contributed by atoms with E-state index in [1.54, 1.807) is 0 Å². The fourth-order valence-electron chi connectivity index (χ4n) is 5.05. The van der Waals surface area contributed by atoms with Crippen LogP contribution in [-0.2, 0) is 17.6 Å². The molecule has 31 heavy (non-hydrogen) atoms. The van der Waals surface area contributed by atoms with Crippen molar-refractivity contribution in [1.29, 1.82) is 0 Å². The van der Waals surface area contributed by atoms with Crippen LogP contribution in [0.15, 0.2) is 48.5 Å². The van der Waals surface area contributed by atoms with Gasteiger partial charge in [0.2, 0.25) is 0 Å². The Morgan fingerprint density at radius 3 is 1.68 bits per heavy atom. The second-order valence-corrected chi connectivity index (χ2v) is 8.99. The van der Waals surface area contributed by atoms with Crippen LogP contribution in [0.2, 0.25) is 0 Å². The summed E-state index contributed by atoms with van der Waals surface area (Å²) in [7, 11) is 0. The Labute approximate surface area is 185 Å². The Kier molecular flexibility index (Phi) is 7.06. The molecule has 0 spiro atoms. The van der Waals surface area contributed by atoms with Crippen molar-refractivity contribution in [3.05, 3.63) is 59.7 Å². The first-order valence-electron chi connectivity index (χ1n) is 12.1. The van der Waals surface area contributed by atoms with E-state index in [0.29, 0.717) is 6.42 Å². The average molecular weight is 415 g/mol. The first-order chi connectivity index (χ1) is 15.2. The van der Waals surface area contributed by atoms with Crippen LogP contribution in [0, 0.1) is 0 Å². The summed E-state index contributed by atoms with van der Waals surface area (Å²) in [5.41, 5.74) is 2.58. The summed E-state index contributed by atoms with van der Waals surface area (Å²) in [4.78, 5) is 11.1. The first kappa shape index (κ1) is 21.6. The SMILES string of the molecule is CCCCCCCCCCc1ccc2ccc3c(CCC(=O)O)ccc4ccc1c2c43. The molecule has 4 rings (SSSR count). The van der Waals surface area contributed by atoms with Gasteiger partial charge in [-0.25, -0.2) is 0 Å². The molecule has 0 saturated carbocycles. The average Bonchev–Trinajstić information content (AvgIpc) is 2.78. The molecule has 1 N–H and O–H groups in total. The van der Waals surface area contributed by atoms with Gasteiger partial charge >= 0.3 is 5.97 Å². The molecule has 0 aliphatic carbocycles. The number of aliphatic carboxylic acids is 1. The molecular weight excluding hydrogens is 380 g/mol. The molecule has 4 aromatic carbocycles. The van der Waals surface area contributed by atoms with Gasteiger partial charge in [0.1, 0.15) is 0 Å². The highest BCUT2D eigenvalue weighted by atomic mass is 16.4. The Morgan fingerprint density at radius 1 is 0.645 bits per heavy atom. The molecule has 0 aliphatic rings. The smallest absolute Gasteiger partial charge is 0.303 e. The van der Waals surface area contributed by atoms with E-state index in [1.807, 2.05) is 0 Å². The van der Waals surface area contributed by atoms with E-state index >= 15 is 0 Å². The molecule has 2 nitrogen and oxygen atoms in total. The van der Waals surface area contributed by atoms with E-state index in [4.69, 9.17) is 5.11 Å². The Bertz CT molecular complexity index is 1160. The lowest BCUT2D eigenvalue weighted by Crippen LogP contribution is -1.98. The highest BCUT2D eigenvalue weighted by Crippen LogP contribution is 2.38. The van der Waals surface area contributed by atoms with Crippen molar-refractivity contribution in [1.82, 2.24) is 0 Å². The molecule has 162 valence electrons. The zero-order valence-electron chi connectivity index (χ0n) is 18.8. The summed E-state index contributed by atoms with van der Waals surface area (Å²) in [6.07, 6.45) is 12.6. The van der Waals surface area contributed by atoms with Crippen molar-refractivity contribution >= 4 is 38.3 Å². The summed E-state index contributed by atoms with van der Waals surface area (Å²) in [6, 6.07) is 17.8. The van der Waals surface area contributed by atoms with Gasteiger partial charge in [0.05, 0.1) is 0 Å². The minimum atomic E-state index is -0.738. The first-order valence-corrected chi connectivity index (χ1v) is 12.1. The van der Waals surface area contributed by atoms with Crippen molar-refractivity contribution in [2.24, 2.45) is 0 Å². The third kappa shape index (κ3) is 4.84. The van der Waals surface area contributed by atoms with E-state index < -0.39 is 5.97 Å². The van der Waals surface area contributed by atoms with Crippen LogP contribution in [0.5, 0.6) is 0 Å². The molecule has 0 unspecified atom stereocenters. The van der Waals surface area contributed by atoms with Crippen LogP contribution in [-0.4, -0.2) is 11.1 Å². The lowest BCUT2D eigenvalue weighted by atomic mass is 9.88. The van der Waals surface area contributed by atoms with Crippen LogP contribution >= 0.6 is 0 Å². The third-order valence-electron chi connectivity index (χ3n) is 6.75. The molecule has 0 aromatic heterocycles. The zero-order chi connectivity index (χ0) is 21.6. The molecule has 2 heteroatoms. The monoisotopic (exact) mass is 414 g/mol. The van der Waals surface area contributed by atoms with Crippen molar-refractivity contribution < 1.29 is 9.90 Å². The van der Waals surface area contributed by atoms with Crippen LogP contribution in [0.3, 0.4) is 0 Å². The Hall–Kier alpha value is -2.61. The maximum absolute atomic E-state index is 11.1. The Morgan fingerprint density at radius 2 is 1.13 bits per heavy atom. The minimum Gasteiger partial charge on any atom is -0.481 e. The van der Waals surface area contributed by atoms with E-state index in [9.17, 15) is 4.79 Å². The van der Waals surface area contributed by atoms with Gasteiger partial charge in [0, 0.05) is 6.42 Å². The highest BCUT2D eigenvalue weighted by molar-refractivity contribution is 6.24. The third-order valence-corrected chi connectivity index (χ3v) is 6.75. The summed E-state index contributed by atoms with van der Waals surface area (Å²) in [5.74, 6) is -0.738. The molecule has 0 radical (unpaired) electrons. The van der Waals surface area contributed by atoms with Crippen molar-refractivity contribution in [3.63, 3.8) is 0 Å². The van der Waals surface area contributed by atoms with Gasteiger partial charge in [-0.2, -0.15) is 0 Å². The number of hydrogen-bond acceptors (Lipinski definition) is 1. The molecule has 0 aliphatic heterocycles. The summed E-state index contributed by atoms with van der Waals surface area (Å²) in [5, 5.41) is 16.9. The molecule has 0 bridgehead atoms. The van der Waals surface area contributed by atoms with Crippen LogP contribution in [0.4, 0.5) is 0 Å². The van der Waals surface area contributed by atoms with E-state index in [0.717, 1.165) is 12.0 Å². The predicted octanol–water partition coefficient (Wildman–Crippen LogP) is 8.28. The fourth-order valence-corrected chi connectivity index (χ4v) is 5.05. The second-order valence-electron chi connectivity index (χ2n) is 8.99. The number of benzene rings is 4. The number of carbonyl (C=O) groups is 1. The molecule has 0 fully saturated rings. The highest BCUT2D eigenvalue weighted by Gasteiger charge is 2.13. The maximum Gasteiger partial charge on any atom is 0.303 e. The van der Waals surface area contributed by atoms with Gasteiger partial charge in [-0.1, -0.05) is 100 Å². The second kappa shape index (κ2) is 10.1. The van der Waals surface area contributed by atoms with Crippen LogP contribution in [0.25, 0.3) is 32.3 Å². The Balaban J connectivity index is 1.56. The summed E-state index contributed by atoms with van der Waals surface area (Å²) >= 11 is 0. The molecule has 0 heterocycles. The standard InChI is InChI=1S/C29H34O2/c1-2-3-4-5-6-7-8-9-10-21-11-13-23-16-19-26-22(17-20-27(30)31)12-14-24-15-18-25(21)28(23)29(24)26/h11-16,18-19H,2-10,17,20H2,1H3,(H,30,31). The summed E-state index contributed by atoms with van der Waals surface area (Å²) < 4.78 is 0. The zero-order valence-corrected chi connectivity index (χ0v) is 18.8. The van der Waals surface area contributed by atoms with Crippen LogP contribution in [0.1, 0.15) is 75.8 Å². The predicted molar refractivity (Wildman–Crippen MR) is 132 cm³/mol. The molecule has 0 amide bonds. The quantitative estimate of drug-likeness (QED) is 0.187. The van der Waals surface area contributed by atoms with Gasteiger partial charge in [0.15, 0.2) is 0 Å². The van der Waals surface area contributed by atoms with Crippen LogP contribution < -0.4 is 0 Å². The van der Waals surface area contributed by atoms with E-state index in [2.05, 4.69) is 55.5 Å². The maximum atomic E-state index is 11.1. The van der Waals surface area contributed by atoms with E-state index in [1.165, 1.54) is 89.2 Å². The lowest BCUT2D eigenvalue weighted by Gasteiger charge is -2.16. The van der Waals surface area contributed by atoms with Crippen molar-refractivity contribution in [2.45, 2.75) is 77.6 Å². The van der Waals surface area contributed by atoms with Crippen molar-refractivity contribution in [3.8, 4) is 0 Å². The van der Waals surface area contributed by atoms with Gasteiger partial charge in [-0.15, -0.1) is 0 Å². The minimum absolute atomic E-state index is 0.174. The van der Waals surface area contributed by atoms with Gasteiger partial charge in [-0.3, -0.25) is 4.79 Å². The number of hydrogen-bond donors (Lipinski definition) is 1. The summed E-state index contributed by atoms with van der Waals surface area (Å²) in [6.45, 7) is 2.27. The lowest BCUT2D eigenvalue weighted by molar-refractivity contribution is -0.136. The molecule has 0 saturated heterocycles. The number of rotatable bonds is 12. The number of carboxylic acid groups (broad SMARTS) is 1. The molecule has 0 atom stereocenters. The van der Waals surface area contributed by atoms with Gasteiger partial charge in [0.25, 0.3) is 0 Å². The van der Waals surface area contributed by atoms with Crippen molar-refractivity contribution in [2.75, 3.05) is 0 Å².